The molecule has 1 fully saturated rings. The minimum Gasteiger partial charge on any atom is -0.478 e. The fourth-order valence-corrected chi connectivity index (χ4v) is 3.67. The maximum absolute atomic E-state index is 11.2. The number of carboxylic acids is 1. The minimum absolute atomic E-state index is 0.378. The van der Waals surface area contributed by atoms with E-state index >= 15 is 0 Å². The molecule has 2 heterocycles. The first-order valence-corrected chi connectivity index (χ1v) is 8.50. The highest BCUT2D eigenvalue weighted by Gasteiger charge is 2.23. The normalized spacial score (nSPS) is 18.7. The lowest BCUT2D eigenvalue weighted by molar-refractivity contribution is 0.0696. The Balaban J connectivity index is 1.75. The molecule has 0 spiro atoms. The summed E-state index contributed by atoms with van der Waals surface area (Å²) < 4.78 is 1.95. The van der Waals surface area contributed by atoms with Gasteiger partial charge >= 0.3 is 5.97 Å². The molecule has 5 heteroatoms. The maximum Gasteiger partial charge on any atom is 0.335 e. The van der Waals surface area contributed by atoms with Crippen LogP contribution in [-0.2, 0) is 13.6 Å². The van der Waals surface area contributed by atoms with Crippen molar-refractivity contribution in [2.24, 2.45) is 7.05 Å². The molecule has 1 aromatic carbocycles. The van der Waals surface area contributed by atoms with Gasteiger partial charge < -0.3 is 5.11 Å². The average Bonchev–Trinajstić information content (AvgIpc) is 2.81. The van der Waals surface area contributed by atoms with E-state index in [0.717, 1.165) is 43.7 Å². The number of rotatable bonds is 4. The maximum atomic E-state index is 11.2. The third-order valence-corrected chi connectivity index (χ3v) is 5.15. The zero-order valence-electron chi connectivity index (χ0n) is 14.6. The van der Waals surface area contributed by atoms with Gasteiger partial charge in [0.15, 0.2) is 0 Å². The molecular formula is C19H25N3O2. The van der Waals surface area contributed by atoms with Crippen molar-refractivity contribution in [3.8, 4) is 0 Å². The van der Waals surface area contributed by atoms with Crippen molar-refractivity contribution in [2.75, 3.05) is 13.1 Å². The number of piperidine rings is 1. The molecule has 1 aliphatic rings. The summed E-state index contributed by atoms with van der Waals surface area (Å²) in [7, 11) is 1.99. The van der Waals surface area contributed by atoms with E-state index in [1.165, 1.54) is 11.3 Å². The number of benzene rings is 1. The van der Waals surface area contributed by atoms with Gasteiger partial charge in [-0.1, -0.05) is 12.1 Å². The number of hydrogen-bond acceptors (Lipinski definition) is 3. The highest BCUT2D eigenvalue weighted by molar-refractivity contribution is 5.87. The largest absolute Gasteiger partial charge is 0.478 e. The third-order valence-electron chi connectivity index (χ3n) is 5.15. The Bertz CT molecular complexity index is 751. The molecule has 1 N–H and O–H groups in total. The van der Waals surface area contributed by atoms with Crippen LogP contribution >= 0.6 is 0 Å². The van der Waals surface area contributed by atoms with Crippen LogP contribution in [0.25, 0.3) is 0 Å². The van der Waals surface area contributed by atoms with E-state index < -0.39 is 5.97 Å². The lowest BCUT2D eigenvalue weighted by Crippen LogP contribution is -2.34. The zero-order chi connectivity index (χ0) is 17.3. The molecule has 128 valence electrons. The Morgan fingerprint density at radius 2 is 2.17 bits per heavy atom. The number of aryl methyl sites for hydroxylation is 2. The van der Waals surface area contributed by atoms with Gasteiger partial charge in [-0.25, -0.2) is 4.79 Å². The SMILES string of the molecule is Cc1nn(C)c(C)c1CN1CCC[C@H](c2cccc(C(=O)O)c2)C1. The quantitative estimate of drug-likeness (QED) is 0.937. The number of likely N-dealkylation sites (tertiary alicyclic amines) is 1. The van der Waals surface area contributed by atoms with Gasteiger partial charge in [0.2, 0.25) is 0 Å². The van der Waals surface area contributed by atoms with E-state index in [9.17, 15) is 9.90 Å². The standard InChI is InChI=1S/C19H25N3O2/c1-13-18(14(2)21(3)20-13)12-22-9-5-8-17(11-22)15-6-4-7-16(10-15)19(23)24/h4,6-7,10,17H,5,8-9,11-12H2,1-3H3,(H,23,24)/t17-/m0/s1. The van der Waals surface area contributed by atoms with Gasteiger partial charge in [-0.3, -0.25) is 9.58 Å². The molecule has 24 heavy (non-hydrogen) atoms. The molecular weight excluding hydrogens is 302 g/mol. The van der Waals surface area contributed by atoms with Crippen molar-refractivity contribution in [1.29, 1.82) is 0 Å². The molecule has 0 unspecified atom stereocenters. The number of nitrogens with zero attached hydrogens (tertiary/aromatic N) is 3. The third kappa shape index (κ3) is 3.36. The number of carboxylic acid groups (broad SMARTS) is 1. The summed E-state index contributed by atoms with van der Waals surface area (Å²) in [6.45, 7) is 7.16. The molecule has 0 saturated carbocycles. The average molecular weight is 327 g/mol. The van der Waals surface area contributed by atoms with E-state index in [-0.39, 0.29) is 0 Å². The van der Waals surface area contributed by atoms with Gasteiger partial charge in [-0.05, 0) is 56.8 Å². The van der Waals surface area contributed by atoms with Crippen LogP contribution in [0.5, 0.6) is 0 Å². The monoisotopic (exact) mass is 327 g/mol. The van der Waals surface area contributed by atoms with Gasteiger partial charge in [0.05, 0.1) is 11.3 Å². The summed E-state index contributed by atoms with van der Waals surface area (Å²) >= 11 is 0. The van der Waals surface area contributed by atoms with E-state index in [0.29, 0.717) is 11.5 Å². The van der Waals surface area contributed by atoms with Crippen molar-refractivity contribution in [3.05, 3.63) is 52.3 Å². The van der Waals surface area contributed by atoms with Crippen molar-refractivity contribution >= 4 is 5.97 Å². The Morgan fingerprint density at radius 3 is 2.83 bits per heavy atom. The first-order chi connectivity index (χ1) is 11.5. The van der Waals surface area contributed by atoms with Crippen LogP contribution in [0.2, 0.25) is 0 Å². The summed E-state index contributed by atoms with van der Waals surface area (Å²) in [6.07, 6.45) is 2.25. The van der Waals surface area contributed by atoms with Gasteiger partial charge in [0, 0.05) is 31.4 Å². The molecule has 1 saturated heterocycles. The van der Waals surface area contributed by atoms with Gasteiger partial charge in [-0.2, -0.15) is 5.10 Å². The topological polar surface area (TPSA) is 58.4 Å². The Morgan fingerprint density at radius 1 is 1.38 bits per heavy atom. The second kappa shape index (κ2) is 6.77. The van der Waals surface area contributed by atoms with Crippen LogP contribution in [0.15, 0.2) is 24.3 Å². The summed E-state index contributed by atoms with van der Waals surface area (Å²) in [5.41, 5.74) is 5.16. The van der Waals surface area contributed by atoms with Crippen molar-refractivity contribution in [3.63, 3.8) is 0 Å². The fourth-order valence-electron chi connectivity index (χ4n) is 3.67. The predicted octanol–water partition coefficient (Wildman–Crippen LogP) is 3.11. The number of aromatic carboxylic acids is 1. The van der Waals surface area contributed by atoms with Crippen LogP contribution in [0, 0.1) is 13.8 Å². The van der Waals surface area contributed by atoms with Crippen molar-refractivity contribution in [1.82, 2.24) is 14.7 Å². The minimum atomic E-state index is -0.855. The molecule has 3 rings (SSSR count). The molecule has 0 bridgehead atoms. The zero-order valence-corrected chi connectivity index (χ0v) is 14.6. The van der Waals surface area contributed by atoms with E-state index in [1.807, 2.05) is 23.9 Å². The van der Waals surface area contributed by atoms with Crippen molar-refractivity contribution in [2.45, 2.75) is 39.2 Å². The van der Waals surface area contributed by atoms with E-state index in [2.05, 4.69) is 29.9 Å². The van der Waals surface area contributed by atoms with Crippen molar-refractivity contribution < 1.29 is 9.90 Å². The highest BCUT2D eigenvalue weighted by Crippen LogP contribution is 2.29. The molecule has 1 aromatic heterocycles. The molecule has 0 amide bonds. The summed E-state index contributed by atoms with van der Waals surface area (Å²) in [5, 5.41) is 13.7. The molecule has 1 atom stereocenters. The summed E-state index contributed by atoms with van der Waals surface area (Å²) in [5.74, 6) is -0.457. The van der Waals surface area contributed by atoms with E-state index in [4.69, 9.17) is 0 Å². The summed E-state index contributed by atoms with van der Waals surface area (Å²) in [6, 6.07) is 7.40. The Hall–Kier alpha value is -2.14. The molecule has 5 nitrogen and oxygen atoms in total. The first-order valence-electron chi connectivity index (χ1n) is 8.50. The molecule has 0 aliphatic carbocycles. The van der Waals surface area contributed by atoms with Crippen LogP contribution in [-0.4, -0.2) is 38.8 Å². The number of hydrogen-bond donors (Lipinski definition) is 1. The number of carbonyl (C=O) groups is 1. The predicted molar refractivity (Wildman–Crippen MR) is 93.3 cm³/mol. The Labute approximate surface area is 142 Å². The fraction of sp³-hybridized carbons (Fsp3) is 0.474. The lowest BCUT2D eigenvalue weighted by atomic mass is 9.89. The van der Waals surface area contributed by atoms with Crippen LogP contribution < -0.4 is 0 Å². The second-order valence-electron chi connectivity index (χ2n) is 6.78. The first kappa shape index (κ1) is 16.7. The van der Waals surface area contributed by atoms with Crippen LogP contribution in [0.1, 0.15) is 51.6 Å². The molecule has 1 aliphatic heterocycles. The van der Waals surface area contributed by atoms with Crippen LogP contribution in [0.3, 0.4) is 0 Å². The second-order valence-corrected chi connectivity index (χ2v) is 6.78. The lowest BCUT2D eigenvalue weighted by Gasteiger charge is -2.33. The smallest absolute Gasteiger partial charge is 0.335 e. The molecule has 0 radical (unpaired) electrons. The van der Waals surface area contributed by atoms with Crippen LogP contribution in [0.4, 0.5) is 0 Å². The van der Waals surface area contributed by atoms with Gasteiger partial charge in [-0.15, -0.1) is 0 Å². The van der Waals surface area contributed by atoms with Gasteiger partial charge in [0.25, 0.3) is 0 Å². The Kier molecular flexibility index (Phi) is 4.71. The summed E-state index contributed by atoms with van der Waals surface area (Å²) in [4.78, 5) is 13.7. The highest BCUT2D eigenvalue weighted by atomic mass is 16.4. The molecule has 2 aromatic rings. The van der Waals surface area contributed by atoms with Gasteiger partial charge in [0.1, 0.15) is 0 Å². The number of aromatic nitrogens is 2. The van der Waals surface area contributed by atoms with E-state index in [1.54, 1.807) is 6.07 Å².